The SMILES string of the molecule is CC(C)NC(=NCC1CCCN(C)C1)NN. The molecule has 0 radical (unpaired) electrons. The standard InChI is InChI=1S/C11H25N5/c1-9(2)14-11(15-12)13-7-10-5-4-6-16(3)8-10/h9-10H,4-8,12H2,1-3H3,(H2,13,14,15). The van der Waals surface area contributed by atoms with Gasteiger partial charge in [-0.25, -0.2) is 5.84 Å². The predicted molar refractivity (Wildman–Crippen MR) is 68.1 cm³/mol. The van der Waals surface area contributed by atoms with Crippen molar-refractivity contribution in [3.8, 4) is 0 Å². The second-order valence-electron chi connectivity index (χ2n) is 4.90. The van der Waals surface area contributed by atoms with Crippen molar-refractivity contribution in [3.05, 3.63) is 0 Å². The Balaban J connectivity index is 2.37. The highest BCUT2D eigenvalue weighted by molar-refractivity contribution is 5.79. The maximum absolute atomic E-state index is 5.41. The number of aliphatic imine (C=N–C) groups is 1. The maximum Gasteiger partial charge on any atom is 0.205 e. The molecule has 16 heavy (non-hydrogen) atoms. The third-order valence-corrected chi connectivity index (χ3v) is 2.79. The molecule has 1 atom stereocenters. The van der Waals surface area contributed by atoms with Crippen molar-refractivity contribution in [2.75, 3.05) is 26.7 Å². The van der Waals surface area contributed by atoms with E-state index in [1.54, 1.807) is 0 Å². The van der Waals surface area contributed by atoms with Crippen LogP contribution in [0.2, 0.25) is 0 Å². The molecule has 1 rings (SSSR count). The number of piperidine rings is 1. The molecule has 4 N–H and O–H groups in total. The predicted octanol–water partition coefficient (Wildman–Crippen LogP) is 0.146. The number of rotatable bonds is 3. The van der Waals surface area contributed by atoms with E-state index in [1.807, 2.05) is 0 Å². The molecule has 1 unspecified atom stereocenters. The zero-order valence-corrected chi connectivity index (χ0v) is 10.7. The Morgan fingerprint density at radius 1 is 1.56 bits per heavy atom. The van der Waals surface area contributed by atoms with Crippen LogP contribution in [-0.4, -0.2) is 43.6 Å². The summed E-state index contributed by atoms with van der Waals surface area (Å²) in [6.07, 6.45) is 2.55. The van der Waals surface area contributed by atoms with Gasteiger partial charge in [-0.05, 0) is 46.2 Å². The maximum atomic E-state index is 5.41. The average Bonchev–Trinajstić information content (AvgIpc) is 2.24. The topological polar surface area (TPSA) is 65.7 Å². The summed E-state index contributed by atoms with van der Waals surface area (Å²) < 4.78 is 0. The first-order chi connectivity index (χ1) is 7.61. The van der Waals surface area contributed by atoms with Gasteiger partial charge in [0.1, 0.15) is 0 Å². The molecule has 1 heterocycles. The lowest BCUT2D eigenvalue weighted by Gasteiger charge is -2.28. The second kappa shape index (κ2) is 6.70. The van der Waals surface area contributed by atoms with Gasteiger partial charge in [0.25, 0.3) is 0 Å². The number of hydrogen-bond donors (Lipinski definition) is 3. The van der Waals surface area contributed by atoms with Gasteiger partial charge < -0.3 is 10.2 Å². The van der Waals surface area contributed by atoms with Crippen molar-refractivity contribution in [1.82, 2.24) is 15.6 Å². The van der Waals surface area contributed by atoms with E-state index in [2.05, 4.69) is 41.5 Å². The Morgan fingerprint density at radius 3 is 2.88 bits per heavy atom. The molecule has 1 saturated heterocycles. The molecule has 0 aromatic heterocycles. The molecule has 5 heteroatoms. The third kappa shape index (κ3) is 4.81. The van der Waals surface area contributed by atoms with Crippen molar-refractivity contribution in [2.45, 2.75) is 32.7 Å². The van der Waals surface area contributed by atoms with Crippen LogP contribution in [0.4, 0.5) is 0 Å². The van der Waals surface area contributed by atoms with Crippen LogP contribution in [0.3, 0.4) is 0 Å². The molecule has 1 aliphatic heterocycles. The van der Waals surface area contributed by atoms with Crippen LogP contribution in [0.15, 0.2) is 4.99 Å². The number of hydrazine groups is 1. The summed E-state index contributed by atoms with van der Waals surface area (Å²) in [7, 11) is 2.17. The largest absolute Gasteiger partial charge is 0.353 e. The van der Waals surface area contributed by atoms with Crippen LogP contribution in [0, 0.1) is 5.92 Å². The van der Waals surface area contributed by atoms with Crippen molar-refractivity contribution >= 4 is 5.96 Å². The smallest absolute Gasteiger partial charge is 0.205 e. The van der Waals surface area contributed by atoms with Crippen LogP contribution in [0.1, 0.15) is 26.7 Å². The molecule has 0 bridgehead atoms. The Hall–Kier alpha value is -0.810. The van der Waals surface area contributed by atoms with Gasteiger partial charge in [0.15, 0.2) is 0 Å². The van der Waals surface area contributed by atoms with Crippen LogP contribution in [-0.2, 0) is 0 Å². The highest BCUT2D eigenvalue weighted by Gasteiger charge is 2.16. The normalized spacial score (nSPS) is 23.6. The van der Waals surface area contributed by atoms with Gasteiger partial charge in [0, 0.05) is 19.1 Å². The lowest BCUT2D eigenvalue weighted by molar-refractivity contribution is 0.214. The van der Waals surface area contributed by atoms with E-state index in [1.165, 1.54) is 19.4 Å². The molecule has 0 aliphatic carbocycles. The lowest BCUT2D eigenvalue weighted by atomic mass is 9.99. The first-order valence-electron chi connectivity index (χ1n) is 6.08. The monoisotopic (exact) mass is 227 g/mol. The van der Waals surface area contributed by atoms with Crippen LogP contribution in [0.25, 0.3) is 0 Å². The first kappa shape index (κ1) is 13.3. The lowest BCUT2D eigenvalue weighted by Crippen LogP contribution is -2.45. The number of hydrogen-bond acceptors (Lipinski definition) is 3. The summed E-state index contributed by atoms with van der Waals surface area (Å²) in [4.78, 5) is 6.85. The molecule has 5 nitrogen and oxygen atoms in total. The quantitative estimate of drug-likeness (QED) is 0.278. The van der Waals surface area contributed by atoms with Gasteiger partial charge in [0.2, 0.25) is 5.96 Å². The molecule has 0 aromatic carbocycles. The minimum atomic E-state index is 0.351. The zero-order chi connectivity index (χ0) is 12.0. The van der Waals surface area contributed by atoms with Crippen molar-refractivity contribution in [1.29, 1.82) is 0 Å². The van der Waals surface area contributed by atoms with E-state index in [-0.39, 0.29) is 0 Å². The summed E-state index contributed by atoms with van der Waals surface area (Å²) in [5, 5.41) is 3.18. The van der Waals surface area contributed by atoms with Gasteiger partial charge in [-0.1, -0.05) is 0 Å². The molecule has 0 aromatic rings. The van der Waals surface area contributed by atoms with Crippen molar-refractivity contribution in [3.63, 3.8) is 0 Å². The first-order valence-corrected chi connectivity index (χ1v) is 6.08. The van der Waals surface area contributed by atoms with E-state index >= 15 is 0 Å². The van der Waals surface area contributed by atoms with Gasteiger partial charge in [-0.3, -0.25) is 10.4 Å². The molecular weight excluding hydrogens is 202 g/mol. The zero-order valence-electron chi connectivity index (χ0n) is 10.7. The molecule has 0 saturated carbocycles. The van der Waals surface area contributed by atoms with Crippen molar-refractivity contribution < 1.29 is 0 Å². The fraction of sp³-hybridized carbons (Fsp3) is 0.909. The van der Waals surface area contributed by atoms with Crippen LogP contribution >= 0.6 is 0 Å². The molecule has 0 amide bonds. The average molecular weight is 227 g/mol. The van der Waals surface area contributed by atoms with Gasteiger partial charge in [0.05, 0.1) is 0 Å². The number of guanidine groups is 1. The third-order valence-electron chi connectivity index (χ3n) is 2.79. The minimum absolute atomic E-state index is 0.351. The van der Waals surface area contributed by atoms with E-state index in [9.17, 15) is 0 Å². The number of nitrogens with zero attached hydrogens (tertiary/aromatic N) is 2. The molecule has 0 spiro atoms. The van der Waals surface area contributed by atoms with E-state index in [4.69, 9.17) is 5.84 Å². The number of nitrogens with two attached hydrogens (primary N) is 1. The number of likely N-dealkylation sites (tertiary alicyclic amines) is 1. The Morgan fingerprint density at radius 2 is 2.31 bits per heavy atom. The van der Waals surface area contributed by atoms with Crippen molar-refractivity contribution in [2.24, 2.45) is 16.8 Å². The van der Waals surface area contributed by atoms with Gasteiger partial charge in [-0.15, -0.1) is 0 Å². The van der Waals surface area contributed by atoms with E-state index in [0.29, 0.717) is 17.9 Å². The Kier molecular flexibility index (Phi) is 5.55. The number of nitrogens with one attached hydrogen (secondary N) is 2. The molecule has 1 fully saturated rings. The summed E-state index contributed by atoms with van der Waals surface area (Å²) >= 11 is 0. The van der Waals surface area contributed by atoms with Gasteiger partial charge >= 0.3 is 0 Å². The van der Waals surface area contributed by atoms with Gasteiger partial charge in [-0.2, -0.15) is 0 Å². The van der Waals surface area contributed by atoms with Crippen LogP contribution < -0.4 is 16.6 Å². The summed E-state index contributed by atoms with van der Waals surface area (Å²) in [6, 6.07) is 0.351. The summed E-state index contributed by atoms with van der Waals surface area (Å²) in [5.74, 6) is 6.77. The minimum Gasteiger partial charge on any atom is -0.353 e. The van der Waals surface area contributed by atoms with E-state index in [0.717, 1.165) is 13.1 Å². The Bertz CT molecular complexity index is 226. The fourth-order valence-electron chi connectivity index (χ4n) is 2.05. The fourth-order valence-corrected chi connectivity index (χ4v) is 2.05. The summed E-state index contributed by atoms with van der Waals surface area (Å²) in [5.41, 5.74) is 2.61. The highest BCUT2D eigenvalue weighted by Crippen LogP contribution is 2.14. The molecule has 1 aliphatic rings. The van der Waals surface area contributed by atoms with E-state index < -0.39 is 0 Å². The molecule has 94 valence electrons. The Labute approximate surface area is 98.4 Å². The van der Waals surface area contributed by atoms with Crippen LogP contribution in [0.5, 0.6) is 0 Å². The second-order valence-corrected chi connectivity index (χ2v) is 4.90. The molecular formula is C11H25N5. The summed E-state index contributed by atoms with van der Waals surface area (Å²) in [6.45, 7) is 7.35. The highest BCUT2D eigenvalue weighted by atomic mass is 15.3.